The van der Waals surface area contributed by atoms with Crippen LogP contribution in [0.3, 0.4) is 0 Å². The number of rotatable bonds is 7. The van der Waals surface area contributed by atoms with Crippen molar-refractivity contribution in [1.29, 1.82) is 0 Å². The average Bonchev–Trinajstić information content (AvgIpc) is 2.60. The molecule has 0 N–H and O–H groups in total. The summed E-state index contributed by atoms with van der Waals surface area (Å²) in [4.78, 5) is 12.2. The first-order chi connectivity index (χ1) is 11.2. The number of para-hydroxylation sites is 1. The maximum Gasteiger partial charge on any atom is 0.185 e. The highest BCUT2D eigenvalue weighted by Crippen LogP contribution is 2.32. The molecule has 0 aliphatic carbocycles. The zero-order valence-electron chi connectivity index (χ0n) is 13.5. The number of ketones is 1. The van der Waals surface area contributed by atoms with E-state index < -0.39 is 0 Å². The molecule has 0 aliphatic rings. The molecule has 120 valence electrons. The third-order valence-corrected chi connectivity index (χ3v) is 3.30. The highest BCUT2D eigenvalue weighted by Gasteiger charge is 2.08. The maximum absolute atomic E-state index is 12.2. The Morgan fingerprint density at radius 1 is 1.04 bits per heavy atom. The van der Waals surface area contributed by atoms with E-state index in [2.05, 4.69) is 0 Å². The second-order valence-corrected chi connectivity index (χ2v) is 4.74. The molecule has 4 heteroatoms. The van der Waals surface area contributed by atoms with E-state index in [0.717, 1.165) is 11.3 Å². The Hall–Kier alpha value is -2.75. The summed E-state index contributed by atoms with van der Waals surface area (Å²) in [6.45, 7) is 2.46. The third kappa shape index (κ3) is 4.13. The molecular formula is C19H20O4. The largest absolute Gasteiger partial charge is 0.497 e. The van der Waals surface area contributed by atoms with Gasteiger partial charge < -0.3 is 14.2 Å². The number of carbonyl (C=O) groups excluding carboxylic acids is 1. The van der Waals surface area contributed by atoms with Crippen LogP contribution in [-0.4, -0.2) is 26.6 Å². The van der Waals surface area contributed by atoms with Crippen LogP contribution in [0.25, 0.3) is 6.08 Å². The monoisotopic (exact) mass is 312 g/mol. The molecular weight excluding hydrogens is 292 g/mol. The van der Waals surface area contributed by atoms with Crippen molar-refractivity contribution in [3.8, 4) is 17.2 Å². The molecule has 4 nitrogen and oxygen atoms in total. The Morgan fingerprint density at radius 3 is 2.39 bits per heavy atom. The van der Waals surface area contributed by atoms with Crippen LogP contribution in [0.5, 0.6) is 17.2 Å². The van der Waals surface area contributed by atoms with E-state index in [9.17, 15) is 4.79 Å². The lowest BCUT2D eigenvalue weighted by atomic mass is 10.1. The molecule has 0 aromatic heterocycles. The molecule has 23 heavy (non-hydrogen) atoms. The fraction of sp³-hybridized carbons (Fsp3) is 0.211. The van der Waals surface area contributed by atoms with Gasteiger partial charge in [0.1, 0.15) is 5.75 Å². The molecule has 0 spiro atoms. The third-order valence-electron chi connectivity index (χ3n) is 3.30. The van der Waals surface area contributed by atoms with E-state index >= 15 is 0 Å². The van der Waals surface area contributed by atoms with Crippen LogP contribution in [0, 0.1) is 0 Å². The second-order valence-electron chi connectivity index (χ2n) is 4.74. The summed E-state index contributed by atoms with van der Waals surface area (Å²) in [5.41, 5.74) is 1.39. The Kier molecular flexibility index (Phi) is 5.80. The summed E-state index contributed by atoms with van der Waals surface area (Å²) in [7, 11) is 3.18. The summed E-state index contributed by atoms with van der Waals surface area (Å²) >= 11 is 0. The van der Waals surface area contributed by atoms with E-state index in [4.69, 9.17) is 14.2 Å². The smallest absolute Gasteiger partial charge is 0.185 e. The highest BCUT2D eigenvalue weighted by atomic mass is 16.5. The second kappa shape index (κ2) is 8.03. The minimum atomic E-state index is -0.0866. The van der Waals surface area contributed by atoms with Gasteiger partial charge in [0.15, 0.2) is 17.3 Å². The fourth-order valence-corrected chi connectivity index (χ4v) is 2.17. The summed E-state index contributed by atoms with van der Waals surface area (Å²) < 4.78 is 16.0. The van der Waals surface area contributed by atoms with Crippen LogP contribution < -0.4 is 14.2 Å². The van der Waals surface area contributed by atoms with Crippen molar-refractivity contribution in [1.82, 2.24) is 0 Å². The number of methoxy groups -OCH3 is 2. The molecule has 2 rings (SSSR count). The minimum absolute atomic E-state index is 0.0866. The number of hydrogen-bond donors (Lipinski definition) is 0. The number of benzene rings is 2. The quantitative estimate of drug-likeness (QED) is 0.572. The Morgan fingerprint density at radius 2 is 1.78 bits per heavy atom. The molecule has 0 unspecified atom stereocenters. The Balaban J connectivity index is 2.21. The molecule has 0 fully saturated rings. The molecule has 0 bridgehead atoms. The van der Waals surface area contributed by atoms with E-state index in [0.29, 0.717) is 23.7 Å². The van der Waals surface area contributed by atoms with Crippen LogP contribution in [0.2, 0.25) is 0 Å². The van der Waals surface area contributed by atoms with Gasteiger partial charge in [-0.3, -0.25) is 4.79 Å². The average molecular weight is 312 g/mol. The lowest BCUT2D eigenvalue weighted by Gasteiger charge is -2.11. The van der Waals surface area contributed by atoms with Crippen molar-refractivity contribution in [3.05, 3.63) is 59.7 Å². The SMILES string of the molecule is CCOc1cccc(/C=C/C(=O)c2ccc(OC)cc2)c1OC. The van der Waals surface area contributed by atoms with Gasteiger partial charge in [-0.25, -0.2) is 0 Å². The van der Waals surface area contributed by atoms with Gasteiger partial charge in [0.2, 0.25) is 0 Å². The van der Waals surface area contributed by atoms with Crippen LogP contribution in [0.1, 0.15) is 22.8 Å². The fourth-order valence-electron chi connectivity index (χ4n) is 2.17. The van der Waals surface area contributed by atoms with Crippen LogP contribution in [-0.2, 0) is 0 Å². The predicted octanol–water partition coefficient (Wildman–Crippen LogP) is 4.00. The molecule has 0 heterocycles. The van der Waals surface area contributed by atoms with Crippen molar-refractivity contribution in [3.63, 3.8) is 0 Å². The van der Waals surface area contributed by atoms with Gasteiger partial charge in [-0.1, -0.05) is 12.1 Å². The van der Waals surface area contributed by atoms with Crippen molar-refractivity contribution in [2.45, 2.75) is 6.92 Å². The lowest BCUT2D eigenvalue weighted by molar-refractivity contribution is 0.104. The van der Waals surface area contributed by atoms with Gasteiger partial charge in [-0.2, -0.15) is 0 Å². The molecule has 0 saturated carbocycles. The van der Waals surface area contributed by atoms with Crippen molar-refractivity contribution in [2.75, 3.05) is 20.8 Å². The van der Waals surface area contributed by atoms with E-state index in [1.807, 2.05) is 25.1 Å². The van der Waals surface area contributed by atoms with E-state index in [-0.39, 0.29) is 5.78 Å². The number of hydrogen-bond acceptors (Lipinski definition) is 4. The first-order valence-corrected chi connectivity index (χ1v) is 7.35. The maximum atomic E-state index is 12.2. The number of carbonyl (C=O) groups is 1. The van der Waals surface area contributed by atoms with Gasteiger partial charge in [-0.05, 0) is 49.4 Å². The van der Waals surface area contributed by atoms with Gasteiger partial charge in [0, 0.05) is 11.1 Å². The van der Waals surface area contributed by atoms with Crippen molar-refractivity contribution < 1.29 is 19.0 Å². The topological polar surface area (TPSA) is 44.8 Å². The predicted molar refractivity (Wildman–Crippen MR) is 90.5 cm³/mol. The molecule has 2 aromatic carbocycles. The summed E-state index contributed by atoms with van der Waals surface area (Å²) in [5.74, 6) is 1.91. The summed E-state index contributed by atoms with van der Waals surface area (Å²) in [6.07, 6.45) is 3.25. The number of ether oxygens (including phenoxy) is 3. The van der Waals surface area contributed by atoms with Gasteiger partial charge in [0.05, 0.1) is 20.8 Å². The van der Waals surface area contributed by atoms with E-state index in [1.165, 1.54) is 6.08 Å². The molecule has 0 aliphatic heterocycles. The zero-order chi connectivity index (χ0) is 16.7. The standard InChI is InChI=1S/C19H20O4/c1-4-23-18-7-5-6-15(19(18)22-3)10-13-17(20)14-8-11-16(21-2)12-9-14/h5-13H,4H2,1-3H3/b13-10+. The van der Waals surface area contributed by atoms with Gasteiger partial charge in [0.25, 0.3) is 0 Å². The van der Waals surface area contributed by atoms with Crippen molar-refractivity contribution >= 4 is 11.9 Å². The first kappa shape index (κ1) is 16.6. The number of allylic oxidation sites excluding steroid dienone is 1. The Bertz CT molecular complexity index is 687. The molecule has 0 saturated heterocycles. The lowest BCUT2D eigenvalue weighted by Crippen LogP contribution is -1.97. The van der Waals surface area contributed by atoms with Crippen LogP contribution >= 0.6 is 0 Å². The zero-order valence-corrected chi connectivity index (χ0v) is 13.5. The van der Waals surface area contributed by atoms with Crippen LogP contribution in [0.4, 0.5) is 0 Å². The normalized spacial score (nSPS) is 10.6. The van der Waals surface area contributed by atoms with Gasteiger partial charge in [-0.15, -0.1) is 0 Å². The van der Waals surface area contributed by atoms with Crippen LogP contribution in [0.15, 0.2) is 48.5 Å². The summed E-state index contributed by atoms with van der Waals surface area (Å²) in [6, 6.07) is 12.6. The highest BCUT2D eigenvalue weighted by molar-refractivity contribution is 6.07. The minimum Gasteiger partial charge on any atom is -0.497 e. The van der Waals surface area contributed by atoms with Gasteiger partial charge >= 0.3 is 0 Å². The molecule has 0 amide bonds. The molecule has 0 atom stereocenters. The molecule has 2 aromatic rings. The van der Waals surface area contributed by atoms with Crippen molar-refractivity contribution in [2.24, 2.45) is 0 Å². The first-order valence-electron chi connectivity index (χ1n) is 7.35. The van der Waals surface area contributed by atoms with E-state index in [1.54, 1.807) is 44.6 Å². The molecule has 0 radical (unpaired) electrons. The Labute approximate surface area is 136 Å². The summed E-state index contributed by atoms with van der Waals surface area (Å²) in [5, 5.41) is 0.